The van der Waals surface area contributed by atoms with Crippen molar-refractivity contribution in [2.45, 2.75) is 6.42 Å². The van der Waals surface area contributed by atoms with Gasteiger partial charge >= 0.3 is 6.03 Å². The lowest BCUT2D eigenvalue weighted by atomic mass is 10.3. The van der Waals surface area contributed by atoms with Crippen LogP contribution in [0.15, 0.2) is 30.3 Å². The van der Waals surface area contributed by atoms with Crippen LogP contribution in [0.1, 0.15) is 6.42 Å². The van der Waals surface area contributed by atoms with Crippen LogP contribution >= 0.6 is 0 Å². The van der Waals surface area contributed by atoms with Crippen molar-refractivity contribution in [3.05, 3.63) is 30.3 Å². The fourth-order valence-corrected chi connectivity index (χ4v) is 1.57. The number of rotatable bonds is 4. The summed E-state index contributed by atoms with van der Waals surface area (Å²) < 4.78 is 5.37. The number of barbiturate groups is 1. The summed E-state index contributed by atoms with van der Waals surface area (Å²) in [7, 11) is 0. The van der Waals surface area contributed by atoms with E-state index in [9.17, 15) is 14.4 Å². The van der Waals surface area contributed by atoms with E-state index in [-0.39, 0.29) is 19.6 Å². The number of carbonyl (C=O) groups excluding carboxylic acids is 3. The predicted octanol–water partition coefficient (Wildman–Crippen LogP) is 0.534. The predicted molar refractivity (Wildman–Crippen MR) is 61.8 cm³/mol. The second kappa shape index (κ2) is 5.31. The summed E-state index contributed by atoms with van der Waals surface area (Å²) in [6, 6.07) is 8.39. The summed E-state index contributed by atoms with van der Waals surface area (Å²) in [6.45, 7) is 0.310. The zero-order valence-corrected chi connectivity index (χ0v) is 9.59. The average molecular weight is 248 g/mol. The van der Waals surface area contributed by atoms with Gasteiger partial charge < -0.3 is 4.74 Å². The minimum absolute atomic E-state index is 0.118. The number of nitrogens with one attached hydrogen (secondary N) is 1. The summed E-state index contributed by atoms with van der Waals surface area (Å²) >= 11 is 0. The molecule has 6 nitrogen and oxygen atoms in total. The van der Waals surface area contributed by atoms with Gasteiger partial charge in [-0.05, 0) is 12.1 Å². The molecule has 6 heteroatoms. The molecule has 0 spiro atoms. The zero-order valence-electron chi connectivity index (χ0n) is 9.59. The van der Waals surface area contributed by atoms with Crippen molar-refractivity contribution in [1.82, 2.24) is 10.2 Å². The van der Waals surface area contributed by atoms with Crippen LogP contribution in [-0.2, 0) is 9.59 Å². The standard InChI is InChI=1S/C12H12N2O4/c15-10-8-11(16)14(12(17)13-10)6-7-18-9-4-2-1-3-5-9/h1-5H,6-8H2,(H,13,15,17). The Labute approximate surface area is 104 Å². The van der Waals surface area contributed by atoms with Gasteiger partial charge in [-0.25, -0.2) is 4.79 Å². The van der Waals surface area contributed by atoms with Gasteiger partial charge in [-0.3, -0.25) is 19.8 Å². The highest BCUT2D eigenvalue weighted by atomic mass is 16.5. The van der Waals surface area contributed by atoms with Crippen molar-refractivity contribution in [2.24, 2.45) is 0 Å². The van der Waals surface area contributed by atoms with E-state index in [1.807, 2.05) is 18.2 Å². The Morgan fingerprint density at radius 2 is 1.89 bits per heavy atom. The number of imide groups is 2. The highest BCUT2D eigenvalue weighted by Crippen LogP contribution is 2.09. The highest BCUT2D eigenvalue weighted by Gasteiger charge is 2.30. The maximum absolute atomic E-state index is 11.4. The van der Waals surface area contributed by atoms with Crippen molar-refractivity contribution >= 4 is 17.8 Å². The lowest BCUT2D eigenvalue weighted by molar-refractivity contribution is -0.136. The van der Waals surface area contributed by atoms with E-state index in [0.29, 0.717) is 5.75 Å². The number of urea groups is 1. The first-order valence-electron chi connectivity index (χ1n) is 5.49. The van der Waals surface area contributed by atoms with Crippen LogP contribution in [0.5, 0.6) is 5.75 Å². The third-order valence-electron chi connectivity index (χ3n) is 2.43. The molecule has 1 aromatic carbocycles. The van der Waals surface area contributed by atoms with Crippen LogP contribution in [0.3, 0.4) is 0 Å². The minimum Gasteiger partial charge on any atom is -0.492 e. The number of hydrogen-bond acceptors (Lipinski definition) is 4. The third-order valence-corrected chi connectivity index (χ3v) is 2.43. The first kappa shape index (κ1) is 12.1. The van der Waals surface area contributed by atoms with Crippen LogP contribution in [0, 0.1) is 0 Å². The molecule has 1 aliphatic heterocycles. The molecule has 18 heavy (non-hydrogen) atoms. The summed E-state index contributed by atoms with van der Waals surface area (Å²) in [5.41, 5.74) is 0. The molecule has 0 radical (unpaired) electrons. The van der Waals surface area contributed by atoms with Gasteiger partial charge in [0.15, 0.2) is 0 Å². The van der Waals surface area contributed by atoms with Crippen molar-refractivity contribution in [3.8, 4) is 5.75 Å². The summed E-state index contributed by atoms with van der Waals surface area (Å²) in [5.74, 6) is -0.399. The molecule has 1 N–H and O–H groups in total. The largest absolute Gasteiger partial charge is 0.492 e. The number of carbonyl (C=O) groups is 3. The molecule has 2 rings (SSSR count). The Balaban J connectivity index is 1.85. The van der Waals surface area contributed by atoms with Gasteiger partial charge in [-0.2, -0.15) is 0 Å². The van der Waals surface area contributed by atoms with Crippen molar-refractivity contribution in [2.75, 3.05) is 13.2 Å². The Kier molecular flexibility index (Phi) is 3.57. The maximum Gasteiger partial charge on any atom is 0.330 e. The normalized spacial score (nSPS) is 15.6. The lowest BCUT2D eigenvalue weighted by Crippen LogP contribution is -2.53. The second-order valence-corrected chi connectivity index (χ2v) is 3.74. The van der Waals surface area contributed by atoms with E-state index < -0.39 is 17.8 Å². The first-order chi connectivity index (χ1) is 8.66. The summed E-state index contributed by atoms with van der Waals surface area (Å²) in [5, 5.41) is 2.08. The van der Waals surface area contributed by atoms with E-state index in [1.54, 1.807) is 12.1 Å². The van der Waals surface area contributed by atoms with Gasteiger partial charge in [0.05, 0.1) is 6.54 Å². The molecule has 0 bridgehead atoms. The molecule has 1 aliphatic rings. The lowest BCUT2D eigenvalue weighted by Gasteiger charge is -2.24. The molecule has 0 atom stereocenters. The summed E-state index contributed by atoms with van der Waals surface area (Å²) in [6.07, 6.45) is -0.295. The van der Waals surface area contributed by atoms with Crippen molar-refractivity contribution in [1.29, 1.82) is 0 Å². The molecule has 4 amide bonds. The Morgan fingerprint density at radius 3 is 2.56 bits per heavy atom. The Bertz CT molecular complexity index is 452. The van der Waals surface area contributed by atoms with Gasteiger partial charge in [0.2, 0.25) is 11.8 Å². The van der Waals surface area contributed by atoms with Crippen LogP contribution in [0.25, 0.3) is 0 Å². The smallest absolute Gasteiger partial charge is 0.330 e. The van der Waals surface area contributed by atoms with E-state index >= 15 is 0 Å². The number of ether oxygens (including phenoxy) is 1. The quantitative estimate of drug-likeness (QED) is 0.789. The molecule has 0 saturated carbocycles. The monoisotopic (exact) mass is 248 g/mol. The fourth-order valence-electron chi connectivity index (χ4n) is 1.57. The molecule has 0 aromatic heterocycles. The number of nitrogens with zero attached hydrogens (tertiary/aromatic N) is 1. The molecule has 0 aliphatic carbocycles. The van der Waals surface area contributed by atoms with Crippen LogP contribution in [-0.4, -0.2) is 35.9 Å². The SMILES string of the molecule is O=C1CC(=O)N(CCOc2ccccc2)C(=O)N1. The number of hydrogen-bond donors (Lipinski definition) is 1. The number of para-hydroxylation sites is 1. The van der Waals surface area contributed by atoms with Gasteiger partial charge in [0.1, 0.15) is 18.8 Å². The van der Waals surface area contributed by atoms with Crippen molar-refractivity contribution in [3.63, 3.8) is 0 Å². The van der Waals surface area contributed by atoms with E-state index in [2.05, 4.69) is 5.32 Å². The van der Waals surface area contributed by atoms with Crippen LogP contribution in [0.4, 0.5) is 4.79 Å². The van der Waals surface area contributed by atoms with E-state index in [4.69, 9.17) is 4.74 Å². The molecule has 1 fully saturated rings. The molecule has 1 aromatic rings. The zero-order chi connectivity index (χ0) is 13.0. The fraction of sp³-hybridized carbons (Fsp3) is 0.250. The minimum atomic E-state index is -0.687. The molecule has 1 saturated heterocycles. The van der Waals surface area contributed by atoms with E-state index in [1.165, 1.54) is 0 Å². The molecular formula is C12H12N2O4. The van der Waals surface area contributed by atoms with Crippen LogP contribution < -0.4 is 10.1 Å². The summed E-state index contributed by atoms with van der Waals surface area (Å²) in [4.78, 5) is 34.7. The number of benzene rings is 1. The maximum atomic E-state index is 11.4. The Hall–Kier alpha value is -2.37. The molecule has 0 unspecified atom stereocenters. The number of amides is 4. The van der Waals surface area contributed by atoms with E-state index in [0.717, 1.165) is 4.90 Å². The van der Waals surface area contributed by atoms with Crippen molar-refractivity contribution < 1.29 is 19.1 Å². The Morgan fingerprint density at radius 1 is 1.17 bits per heavy atom. The average Bonchev–Trinajstić information content (AvgIpc) is 2.34. The molecule has 94 valence electrons. The van der Waals surface area contributed by atoms with Gasteiger partial charge in [0, 0.05) is 0 Å². The second-order valence-electron chi connectivity index (χ2n) is 3.74. The van der Waals surface area contributed by atoms with Gasteiger partial charge in [-0.1, -0.05) is 18.2 Å². The topological polar surface area (TPSA) is 75.7 Å². The highest BCUT2D eigenvalue weighted by molar-refractivity contribution is 6.14. The van der Waals surface area contributed by atoms with Gasteiger partial charge in [-0.15, -0.1) is 0 Å². The molecule has 1 heterocycles. The first-order valence-corrected chi connectivity index (χ1v) is 5.49. The van der Waals surface area contributed by atoms with Crippen LogP contribution in [0.2, 0.25) is 0 Å². The van der Waals surface area contributed by atoms with Gasteiger partial charge in [0.25, 0.3) is 0 Å². The third kappa shape index (κ3) is 2.85. The molecular weight excluding hydrogens is 236 g/mol.